The second-order valence-electron chi connectivity index (χ2n) is 9.90. The fourth-order valence-electron chi connectivity index (χ4n) is 4.02. The number of carbonyl (C=O) groups excluding carboxylic acids is 1. The van der Waals surface area contributed by atoms with Crippen molar-refractivity contribution in [1.82, 2.24) is 4.90 Å². The van der Waals surface area contributed by atoms with E-state index in [2.05, 4.69) is 91.9 Å². The highest BCUT2D eigenvalue weighted by Crippen LogP contribution is 2.25. The summed E-state index contributed by atoms with van der Waals surface area (Å²) in [7, 11) is 1.94. The summed E-state index contributed by atoms with van der Waals surface area (Å²) < 4.78 is 11.7. The number of likely N-dealkylation sites (N-methyl/N-ethyl adjacent to an activating group) is 1. The first kappa shape index (κ1) is 33.7. The van der Waals surface area contributed by atoms with Crippen LogP contribution in [0.4, 0.5) is 0 Å². The normalized spacial score (nSPS) is 12.4. The van der Waals surface area contributed by atoms with Crippen LogP contribution in [0.2, 0.25) is 0 Å². The molecule has 2 rings (SSSR count). The van der Waals surface area contributed by atoms with Crippen molar-refractivity contribution in [3.8, 4) is 0 Å². The lowest BCUT2D eigenvalue weighted by atomic mass is 10.0. The first-order valence-corrected chi connectivity index (χ1v) is 15.0. The van der Waals surface area contributed by atoms with Crippen molar-refractivity contribution < 1.29 is 14.3 Å². The number of allylic oxidation sites excluding steroid dienone is 10. The number of nitrogens with zero attached hydrogens (tertiary/aromatic N) is 1. The van der Waals surface area contributed by atoms with Crippen molar-refractivity contribution in [2.75, 3.05) is 26.9 Å². The predicted octanol–water partition coefficient (Wildman–Crippen LogP) is 9.15. The van der Waals surface area contributed by atoms with Gasteiger partial charge in [0.05, 0.1) is 6.61 Å². The fraction of sp³-hybridized carbons (Fsp3) is 0.378. The van der Waals surface area contributed by atoms with Crippen LogP contribution in [0.3, 0.4) is 0 Å². The molecule has 2 aromatic rings. The molecule has 0 spiro atoms. The quantitative estimate of drug-likeness (QED) is 0.0666. The van der Waals surface area contributed by atoms with Gasteiger partial charge in [-0.3, -0.25) is 9.69 Å². The van der Waals surface area contributed by atoms with E-state index in [1.807, 2.05) is 48.3 Å². The molecule has 41 heavy (non-hydrogen) atoms. The lowest BCUT2D eigenvalue weighted by Crippen LogP contribution is -2.28. The van der Waals surface area contributed by atoms with Gasteiger partial charge in [0.2, 0.25) is 0 Å². The van der Waals surface area contributed by atoms with Crippen LogP contribution < -0.4 is 0 Å². The van der Waals surface area contributed by atoms with Crippen molar-refractivity contribution in [2.45, 2.75) is 64.4 Å². The Morgan fingerprint density at radius 3 is 1.73 bits per heavy atom. The Morgan fingerprint density at radius 1 is 0.732 bits per heavy atom. The molecule has 0 amide bonds. The smallest absolute Gasteiger partial charge is 0.307 e. The zero-order chi connectivity index (χ0) is 29.2. The van der Waals surface area contributed by atoms with E-state index in [0.29, 0.717) is 19.6 Å². The van der Waals surface area contributed by atoms with Crippen molar-refractivity contribution in [2.24, 2.45) is 0 Å². The fourth-order valence-corrected chi connectivity index (χ4v) is 4.02. The summed E-state index contributed by atoms with van der Waals surface area (Å²) in [6.07, 6.45) is 28.9. The van der Waals surface area contributed by atoms with E-state index in [9.17, 15) is 4.79 Å². The maximum absolute atomic E-state index is 12.1. The molecule has 0 aromatic heterocycles. The van der Waals surface area contributed by atoms with Gasteiger partial charge in [-0.15, -0.1) is 0 Å². The van der Waals surface area contributed by atoms with Gasteiger partial charge >= 0.3 is 5.97 Å². The van der Waals surface area contributed by atoms with Gasteiger partial charge < -0.3 is 9.47 Å². The summed E-state index contributed by atoms with van der Waals surface area (Å²) in [5.74, 6) is -0.156. The molecule has 0 saturated heterocycles. The Morgan fingerprint density at radius 2 is 1.22 bits per heavy atom. The van der Waals surface area contributed by atoms with E-state index >= 15 is 0 Å². The molecule has 0 aliphatic heterocycles. The van der Waals surface area contributed by atoms with E-state index in [0.717, 1.165) is 56.1 Å². The van der Waals surface area contributed by atoms with E-state index < -0.39 is 0 Å². The average molecular weight is 556 g/mol. The highest BCUT2D eigenvalue weighted by atomic mass is 16.5. The summed E-state index contributed by atoms with van der Waals surface area (Å²) in [4.78, 5) is 14.1. The molecule has 0 N–H and O–H groups in total. The van der Waals surface area contributed by atoms with Crippen LogP contribution in [-0.2, 0) is 14.3 Å². The third-order valence-electron chi connectivity index (χ3n) is 6.32. The van der Waals surface area contributed by atoms with E-state index in [-0.39, 0.29) is 18.8 Å². The van der Waals surface area contributed by atoms with Crippen LogP contribution in [0.5, 0.6) is 0 Å². The lowest BCUT2D eigenvalue weighted by molar-refractivity contribution is -0.148. The Hall–Kier alpha value is -3.47. The Balaban J connectivity index is 1.51. The zero-order valence-electron chi connectivity index (χ0n) is 25.1. The van der Waals surface area contributed by atoms with Crippen molar-refractivity contribution in [1.29, 1.82) is 0 Å². The third kappa shape index (κ3) is 17.1. The van der Waals surface area contributed by atoms with Gasteiger partial charge in [-0.05, 0) is 63.1 Å². The monoisotopic (exact) mass is 555 g/mol. The molecule has 0 aliphatic carbocycles. The second-order valence-corrected chi connectivity index (χ2v) is 9.90. The summed E-state index contributed by atoms with van der Waals surface area (Å²) >= 11 is 0. The number of benzene rings is 2. The number of carbonyl (C=O) groups is 1. The molecule has 0 heterocycles. The van der Waals surface area contributed by atoms with Gasteiger partial charge in [0, 0.05) is 13.0 Å². The van der Waals surface area contributed by atoms with E-state index in [1.165, 1.54) is 0 Å². The van der Waals surface area contributed by atoms with Gasteiger partial charge in [0.15, 0.2) is 0 Å². The van der Waals surface area contributed by atoms with Crippen LogP contribution in [0.25, 0.3) is 0 Å². The van der Waals surface area contributed by atoms with Crippen molar-refractivity contribution in [3.05, 3.63) is 133 Å². The summed E-state index contributed by atoms with van der Waals surface area (Å²) in [5, 5.41) is 0. The molecule has 2 aromatic carbocycles. The highest BCUT2D eigenvalue weighted by molar-refractivity contribution is 5.69. The molecule has 0 fully saturated rings. The highest BCUT2D eigenvalue weighted by Gasteiger charge is 2.14. The minimum atomic E-state index is -0.156. The number of rotatable bonds is 21. The molecule has 0 unspecified atom stereocenters. The predicted molar refractivity (Wildman–Crippen MR) is 173 cm³/mol. The summed E-state index contributed by atoms with van der Waals surface area (Å²) in [6.45, 7) is 3.63. The van der Waals surface area contributed by atoms with Crippen LogP contribution in [0.1, 0.15) is 75.5 Å². The van der Waals surface area contributed by atoms with Crippen LogP contribution in [-0.4, -0.2) is 37.8 Å². The van der Waals surface area contributed by atoms with Gasteiger partial charge in [-0.25, -0.2) is 0 Å². The molecule has 4 heteroatoms. The maximum Gasteiger partial charge on any atom is 0.307 e. The Bertz CT molecular complexity index is 1030. The van der Waals surface area contributed by atoms with Gasteiger partial charge in [-0.1, -0.05) is 128 Å². The SMILES string of the molecule is CC/C=C\C/C=C\C/C=C\C/C=C\C/C=C\CCCC(=O)OCN(C)CCOC(c1ccccc1)c1ccccc1. The number of hydrogen-bond acceptors (Lipinski definition) is 4. The van der Waals surface area contributed by atoms with Crippen LogP contribution in [0, 0.1) is 0 Å². The number of ether oxygens (including phenoxy) is 2. The molecule has 0 saturated carbocycles. The van der Waals surface area contributed by atoms with Gasteiger partial charge in [0.1, 0.15) is 12.8 Å². The summed E-state index contributed by atoms with van der Waals surface area (Å²) in [5.41, 5.74) is 2.25. The molecule has 0 aliphatic rings. The molecule has 4 nitrogen and oxygen atoms in total. The molecule has 0 radical (unpaired) electrons. The number of hydrogen-bond donors (Lipinski definition) is 0. The first-order valence-electron chi connectivity index (χ1n) is 15.0. The Labute approximate surface area is 248 Å². The average Bonchev–Trinajstić information content (AvgIpc) is 3.00. The largest absolute Gasteiger partial charge is 0.449 e. The molecule has 220 valence electrons. The Kier molecular flexibility index (Phi) is 19.1. The number of unbranched alkanes of at least 4 members (excludes halogenated alkanes) is 1. The van der Waals surface area contributed by atoms with Crippen molar-refractivity contribution in [3.63, 3.8) is 0 Å². The standard InChI is InChI=1S/C37H49NO3/c1-3-4-5-6-7-8-9-10-11-12-13-14-15-16-17-18-25-30-36(39)41-33-38(2)31-32-40-37(34-26-21-19-22-27-34)35-28-23-20-24-29-35/h4-5,7-8,10-11,13-14,16-17,19-24,26-29,37H,3,6,9,12,15,18,25,30-33H2,1-2H3/b5-4-,8-7-,11-10-,14-13-,17-16-. The van der Waals surface area contributed by atoms with Gasteiger partial charge in [0.25, 0.3) is 0 Å². The van der Waals surface area contributed by atoms with Crippen LogP contribution >= 0.6 is 0 Å². The molecule has 0 atom stereocenters. The van der Waals surface area contributed by atoms with Crippen molar-refractivity contribution >= 4 is 5.97 Å². The molecular weight excluding hydrogens is 506 g/mol. The molecular formula is C37H49NO3. The number of esters is 1. The van der Waals surface area contributed by atoms with Crippen LogP contribution in [0.15, 0.2) is 121 Å². The minimum absolute atomic E-state index is 0.121. The zero-order valence-corrected chi connectivity index (χ0v) is 25.1. The third-order valence-corrected chi connectivity index (χ3v) is 6.32. The van der Waals surface area contributed by atoms with E-state index in [1.54, 1.807) is 0 Å². The first-order chi connectivity index (χ1) is 20.2. The lowest BCUT2D eigenvalue weighted by Gasteiger charge is -2.22. The van der Waals surface area contributed by atoms with E-state index in [4.69, 9.17) is 9.47 Å². The minimum Gasteiger partial charge on any atom is -0.449 e. The maximum atomic E-state index is 12.1. The topological polar surface area (TPSA) is 38.8 Å². The summed E-state index contributed by atoms with van der Waals surface area (Å²) in [6, 6.07) is 20.5. The second kappa shape index (κ2) is 23.3. The molecule has 0 bridgehead atoms. The van der Waals surface area contributed by atoms with Gasteiger partial charge in [-0.2, -0.15) is 0 Å².